The molecule has 1 amide bonds. The molecule has 1 fully saturated rings. The maximum Gasteiger partial charge on any atom is 0.248 e. The van der Waals surface area contributed by atoms with Gasteiger partial charge >= 0.3 is 0 Å². The van der Waals surface area contributed by atoms with Crippen molar-refractivity contribution >= 4 is 5.91 Å². The van der Waals surface area contributed by atoms with E-state index in [1.54, 1.807) is 21.0 Å². The molecule has 1 heterocycles. The van der Waals surface area contributed by atoms with Crippen LogP contribution in [-0.4, -0.2) is 29.9 Å². The summed E-state index contributed by atoms with van der Waals surface area (Å²) in [4.78, 5) is 16.8. The van der Waals surface area contributed by atoms with E-state index in [9.17, 15) is 4.79 Å². The van der Waals surface area contributed by atoms with Gasteiger partial charge in [-0.1, -0.05) is 13.8 Å². The molecule has 1 aliphatic heterocycles. The highest BCUT2D eigenvalue weighted by Gasteiger charge is 2.42. The molecule has 4 nitrogen and oxygen atoms in total. The molecule has 0 aliphatic carbocycles. The number of β-lactam (4-membered cyclic amide) rings is 1. The lowest BCUT2D eigenvalue weighted by Gasteiger charge is -2.44. The van der Waals surface area contributed by atoms with Crippen LogP contribution in [0, 0.1) is 5.92 Å². The number of hydroxylamine groups is 2. The fourth-order valence-corrected chi connectivity index (χ4v) is 1.32. The first kappa shape index (κ1) is 11.5. The van der Waals surface area contributed by atoms with Crippen molar-refractivity contribution in [3.8, 4) is 0 Å². The number of hydrogen-bond acceptors (Lipinski definition) is 3. The molecule has 1 unspecified atom stereocenters. The molecule has 4 heteroatoms. The van der Waals surface area contributed by atoms with Crippen LogP contribution in [0.15, 0.2) is 0 Å². The zero-order valence-electron chi connectivity index (χ0n) is 9.53. The van der Waals surface area contributed by atoms with Gasteiger partial charge in [-0.3, -0.25) is 4.79 Å². The molecule has 1 rings (SSSR count). The number of ether oxygens (including phenoxy) is 1. The first-order chi connectivity index (χ1) is 6.37. The van der Waals surface area contributed by atoms with Gasteiger partial charge in [-0.25, -0.2) is 9.90 Å². The van der Waals surface area contributed by atoms with Crippen molar-refractivity contribution in [1.29, 1.82) is 0 Å². The van der Waals surface area contributed by atoms with Crippen molar-refractivity contribution in [1.82, 2.24) is 5.06 Å². The second-order valence-corrected chi connectivity index (χ2v) is 4.43. The topological polar surface area (TPSA) is 38.8 Å². The predicted molar refractivity (Wildman–Crippen MR) is 52.3 cm³/mol. The van der Waals surface area contributed by atoms with Crippen LogP contribution in [0.4, 0.5) is 0 Å². The highest BCUT2D eigenvalue weighted by Crippen LogP contribution is 2.29. The van der Waals surface area contributed by atoms with Gasteiger partial charge in [0.25, 0.3) is 0 Å². The summed E-state index contributed by atoms with van der Waals surface area (Å²) in [7, 11) is 1.56. The normalized spacial score (nSPS) is 22.9. The molecule has 0 bridgehead atoms. The van der Waals surface area contributed by atoms with Crippen LogP contribution in [0.2, 0.25) is 0 Å². The third kappa shape index (κ3) is 2.25. The Morgan fingerprint density at radius 1 is 1.50 bits per heavy atom. The fraction of sp³-hybridized carbons (Fsp3) is 0.900. The molecule has 0 aromatic heterocycles. The summed E-state index contributed by atoms with van der Waals surface area (Å²) in [6.45, 7) is 7.73. The van der Waals surface area contributed by atoms with Gasteiger partial charge in [-0.15, -0.1) is 0 Å². The summed E-state index contributed by atoms with van der Waals surface area (Å²) in [5.41, 5.74) is 0. The largest absolute Gasteiger partial charge is 0.352 e. The summed E-state index contributed by atoms with van der Waals surface area (Å²) < 4.78 is 5.10. The van der Waals surface area contributed by atoms with E-state index in [0.717, 1.165) is 0 Å². The van der Waals surface area contributed by atoms with Gasteiger partial charge in [0.15, 0.2) is 5.79 Å². The van der Waals surface area contributed by atoms with Gasteiger partial charge in [0.1, 0.15) is 0 Å². The summed E-state index contributed by atoms with van der Waals surface area (Å²) in [5, 5.41) is 1.44. The monoisotopic (exact) mass is 201 g/mol. The number of nitrogens with zero attached hydrogens (tertiary/aromatic N) is 1. The molecular formula is C10H19NO3. The van der Waals surface area contributed by atoms with E-state index in [2.05, 4.69) is 13.8 Å². The van der Waals surface area contributed by atoms with Crippen molar-refractivity contribution in [3.63, 3.8) is 0 Å². The first-order valence-electron chi connectivity index (χ1n) is 4.93. The molecule has 1 aliphatic rings. The Kier molecular flexibility index (Phi) is 3.17. The molecule has 1 atom stereocenters. The zero-order chi connectivity index (χ0) is 10.9. The van der Waals surface area contributed by atoms with Crippen molar-refractivity contribution < 1.29 is 14.4 Å². The highest BCUT2D eigenvalue weighted by atomic mass is 16.8. The van der Waals surface area contributed by atoms with Crippen LogP contribution >= 0.6 is 0 Å². The Morgan fingerprint density at radius 3 is 2.43 bits per heavy atom. The smallest absolute Gasteiger partial charge is 0.248 e. The molecule has 0 radical (unpaired) electrons. The lowest BCUT2D eigenvalue weighted by molar-refractivity contribution is -0.340. The van der Waals surface area contributed by atoms with Crippen LogP contribution in [0.3, 0.4) is 0 Å². The minimum atomic E-state index is -0.733. The van der Waals surface area contributed by atoms with Crippen LogP contribution in [-0.2, 0) is 14.4 Å². The molecule has 82 valence electrons. The molecule has 0 saturated carbocycles. The molecule has 0 spiro atoms. The number of methoxy groups -OCH3 is 1. The van der Waals surface area contributed by atoms with Crippen LogP contribution < -0.4 is 0 Å². The van der Waals surface area contributed by atoms with E-state index >= 15 is 0 Å². The van der Waals surface area contributed by atoms with E-state index in [0.29, 0.717) is 12.3 Å². The standard InChI is InChI=1S/C10H19NO3/c1-7(2)8-6-9(12)11(8)14-10(3,4)13-5/h7-8H,6H2,1-5H3. The van der Waals surface area contributed by atoms with E-state index in [-0.39, 0.29) is 11.9 Å². The van der Waals surface area contributed by atoms with Gasteiger partial charge in [0.05, 0.1) is 12.5 Å². The molecule has 0 N–H and O–H groups in total. The summed E-state index contributed by atoms with van der Waals surface area (Å²) in [6.07, 6.45) is 0.581. The SMILES string of the molecule is COC(C)(C)ON1C(=O)CC1C(C)C. The van der Waals surface area contributed by atoms with Gasteiger partial charge < -0.3 is 4.74 Å². The average Bonchev–Trinajstić information content (AvgIpc) is 2.10. The molecule has 0 aromatic rings. The summed E-state index contributed by atoms with van der Waals surface area (Å²) in [6, 6.07) is 0.192. The molecular weight excluding hydrogens is 182 g/mol. The minimum absolute atomic E-state index is 0.0359. The summed E-state index contributed by atoms with van der Waals surface area (Å²) >= 11 is 0. The quantitative estimate of drug-likeness (QED) is 0.512. The van der Waals surface area contributed by atoms with E-state index < -0.39 is 5.79 Å². The van der Waals surface area contributed by atoms with Crippen molar-refractivity contribution in [2.24, 2.45) is 5.92 Å². The molecule has 14 heavy (non-hydrogen) atoms. The second-order valence-electron chi connectivity index (χ2n) is 4.43. The Hall–Kier alpha value is -0.610. The maximum atomic E-state index is 11.3. The number of rotatable bonds is 4. The zero-order valence-corrected chi connectivity index (χ0v) is 9.53. The Labute approximate surface area is 85.1 Å². The third-order valence-electron chi connectivity index (χ3n) is 2.51. The Balaban J connectivity index is 2.55. The Morgan fingerprint density at radius 2 is 2.07 bits per heavy atom. The maximum absolute atomic E-state index is 11.3. The van der Waals surface area contributed by atoms with E-state index in [1.807, 2.05) is 0 Å². The summed E-state index contributed by atoms with van der Waals surface area (Å²) in [5.74, 6) is -0.280. The van der Waals surface area contributed by atoms with E-state index in [4.69, 9.17) is 9.57 Å². The molecule has 0 aromatic carbocycles. The van der Waals surface area contributed by atoms with Gasteiger partial charge in [0, 0.05) is 7.11 Å². The van der Waals surface area contributed by atoms with Gasteiger partial charge in [-0.2, -0.15) is 0 Å². The van der Waals surface area contributed by atoms with Crippen LogP contribution in [0.1, 0.15) is 34.1 Å². The number of amides is 1. The predicted octanol–water partition coefficient (Wildman–Crippen LogP) is 1.56. The third-order valence-corrected chi connectivity index (χ3v) is 2.51. The molecule has 1 saturated heterocycles. The number of carbonyl (C=O) groups excluding carboxylic acids is 1. The highest BCUT2D eigenvalue weighted by molar-refractivity contribution is 5.81. The lowest BCUT2D eigenvalue weighted by atomic mass is 9.94. The van der Waals surface area contributed by atoms with Crippen molar-refractivity contribution in [2.75, 3.05) is 7.11 Å². The second kappa shape index (κ2) is 3.87. The Bertz CT molecular complexity index is 225. The average molecular weight is 201 g/mol. The van der Waals surface area contributed by atoms with Gasteiger partial charge in [-0.05, 0) is 19.8 Å². The minimum Gasteiger partial charge on any atom is -0.352 e. The van der Waals surface area contributed by atoms with Crippen LogP contribution in [0.25, 0.3) is 0 Å². The first-order valence-corrected chi connectivity index (χ1v) is 4.93. The van der Waals surface area contributed by atoms with Crippen molar-refractivity contribution in [2.45, 2.75) is 45.9 Å². The lowest BCUT2D eigenvalue weighted by Crippen LogP contribution is -2.57. The van der Waals surface area contributed by atoms with Crippen molar-refractivity contribution in [3.05, 3.63) is 0 Å². The van der Waals surface area contributed by atoms with E-state index in [1.165, 1.54) is 5.06 Å². The van der Waals surface area contributed by atoms with Crippen LogP contribution in [0.5, 0.6) is 0 Å². The van der Waals surface area contributed by atoms with Gasteiger partial charge in [0.2, 0.25) is 5.91 Å². The number of carbonyl (C=O) groups is 1. The fourth-order valence-electron chi connectivity index (χ4n) is 1.32. The number of hydrogen-bond donors (Lipinski definition) is 0.